The molecule has 0 saturated carbocycles. The number of benzene rings is 3. The second kappa shape index (κ2) is 9.22. The fourth-order valence-corrected chi connectivity index (χ4v) is 4.18. The molecule has 0 radical (unpaired) electrons. The van der Waals surface area contributed by atoms with Gasteiger partial charge in [-0.1, -0.05) is 36.4 Å². The molecule has 0 bridgehead atoms. The quantitative estimate of drug-likeness (QED) is 0.255. The Kier molecular flexibility index (Phi) is 7.22. The third-order valence-corrected chi connectivity index (χ3v) is 6.09. The van der Waals surface area contributed by atoms with Gasteiger partial charge in [-0.3, -0.25) is 0 Å². The summed E-state index contributed by atoms with van der Waals surface area (Å²) in [6.07, 6.45) is 0. The summed E-state index contributed by atoms with van der Waals surface area (Å²) in [5.74, 6) is -0.196. The zero-order chi connectivity index (χ0) is 20.8. The number of hydrogen-bond acceptors (Lipinski definition) is 3. The second-order valence-electron chi connectivity index (χ2n) is 5.29. The van der Waals surface area contributed by atoms with Crippen LogP contribution in [-0.4, -0.2) is 18.5 Å². The van der Waals surface area contributed by atoms with Crippen molar-refractivity contribution in [2.45, 2.75) is 20.2 Å². The van der Waals surface area contributed by atoms with E-state index in [0.29, 0.717) is 0 Å². The first-order chi connectivity index (χ1) is 13.1. The molecule has 0 aliphatic carbocycles. The van der Waals surface area contributed by atoms with Crippen molar-refractivity contribution in [2.24, 2.45) is 0 Å². The Morgan fingerprint density at radius 2 is 1.00 bits per heavy atom. The maximum Gasteiger partial charge on any atom is 0.485 e. The van der Waals surface area contributed by atoms with E-state index in [0.717, 1.165) is 4.90 Å². The number of hydrogen-bond donors (Lipinski definition) is 0. The van der Waals surface area contributed by atoms with Gasteiger partial charge in [0.05, 0.1) is 10.9 Å². The van der Waals surface area contributed by atoms with Crippen LogP contribution < -0.4 is 0 Å². The molecule has 0 atom stereocenters. The number of alkyl halides is 3. The number of rotatable bonds is 3. The second-order valence-corrected chi connectivity index (χ2v) is 8.68. The highest BCUT2D eigenvalue weighted by Gasteiger charge is 2.36. The molecule has 0 fully saturated rings. The first kappa shape index (κ1) is 21.9. The third-order valence-electron chi connectivity index (χ3n) is 3.29. The molecule has 28 heavy (non-hydrogen) atoms. The summed E-state index contributed by atoms with van der Waals surface area (Å²) in [4.78, 5) is 3.61. The fourth-order valence-electron chi connectivity index (χ4n) is 2.09. The van der Waals surface area contributed by atoms with Gasteiger partial charge in [-0.05, 0) is 48.5 Å². The fraction of sp³-hybridized carbons (Fsp3) is 0.0526. The molecule has 0 spiro atoms. The summed E-state index contributed by atoms with van der Waals surface area (Å²) in [5, 5.41) is 0. The Morgan fingerprint density at radius 3 is 1.32 bits per heavy atom. The van der Waals surface area contributed by atoms with Gasteiger partial charge in [0.2, 0.25) is 0 Å². The van der Waals surface area contributed by atoms with E-state index in [4.69, 9.17) is 13.0 Å². The molecule has 3 aromatic carbocycles. The summed E-state index contributed by atoms with van der Waals surface area (Å²) in [5.41, 5.74) is -5.65. The minimum Gasteiger partial charge on any atom is -0.741 e. The van der Waals surface area contributed by atoms with Crippen LogP contribution in [-0.2, 0) is 21.0 Å². The molecule has 0 unspecified atom stereocenters. The van der Waals surface area contributed by atoms with Crippen LogP contribution in [0, 0.1) is 5.82 Å². The van der Waals surface area contributed by atoms with E-state index in [-0.39, 0.29) is 16.7 Å². The molecule has 0 aromatic heterocycles. The van der Waals surface area contributed by atoms with E-state index < -0.39 is 15.6 Å². The smallest absolute Gasteiger partial charge is 0.485 e. The molecular weight excluding hydrogens is 416 g/mol. The van der Waals surface area contributed by atoms with Crippen LogP contribution in [0.3, 0.4) is 0 Å². The Balaban J connectivity index is 0.000000300. The average molecular weight is 430 g/mol. The van der Waals surface area contributed by atoms with E-state index in [9.17, 15) is 17.6 Å². The third kappa shape index (κ3) is 6.08. The molecule has 0 amide bonds. The van der Waals surface area contributed by atoms with Crippen LogP contribution in [0.25, 0.3) is 0 Å². The summed E-state index contributed by atoms with van der Waals surface area (Å²) in [6, 6.07) is 27.5. The Hall–Kier alpha value is -2.36. The first-order valence-corrected chi connectivity index (χ1v) is 10.3. The highest BCUT2D eigenvalue weighted by molar-refractivity contribution is 7.97. The molecule has 0 N–H and O–H groups in total. The predicted octanol–water partition coefficient (Wildman–Crippen LogP) is 4.97. The molecule has 3 aromatic rings. The van der Waals surface area contributed by atoms with Crippen molar-refractivity contribution in [1.82, 2.24) is 0 Å². The van der Waals surface area contributed by atoms with Crippen LogP contribution in [0.15, 0.2) is 99.6 Å². The molecular formula is C19H14F4O3S2. The lowest BCUT2D eigenvalue weighted by molar-refractivity contribution is -0.0517. The van der Waals surface area contributed by atoms with Crippen molar-refractivity contribution < 1.29 is 30.5 Å². The average Bonchev–Trinajstić information content (AvgIpc) is 2.64. The van der Waals surface area contributed by atoms with Gasteiger partial charge in [-0.25, -0.2) is 12.8 Å². The van der Waals surface area contributed by atoms with Gasteiger partial charge < -0.3 is 4.55 Å². The van der Waals surface area contributed by atoms with Gasteiger partial charge in [0.15, 0.2) is 24.8 Å². The largest absolute Gasteiger partial charge is 0.741 e. The number of halogens is 4. The van der Waals surface area contributed by atoms with Gasteiger partial charge in [-0.15, -0.1) is 0 Å². The van der Waals surface area contributed by atoms with Gasteiger partial charge in [-0.2, -0.15) is 13.2 Å². The van der Waals surface area contributed by atoms with Crippen molar-refractivity contribution in [1.29, 1.82) is 0 Å². The van der Waals surface area contributed by atoms with Crippen LogP contribution >= 0.6 is 0 Å². The topological polar surface area (TPSA) is 57.2 Å². The minimum atomic E-state index is -6.09. The lowest BCUT2D eigenvalue weighted by Crippen LogP contribution is -2.21. The van der Waals surface area contributed by atoms with Crippen molar-refractivity contribution in [3.63, 3.8) is 0 Å². The lowest BCUT2D eigenvalue weighted by atomic mass is 10.3. The first-order valence-electron chi connectivity index (χ1n) is 7.72. The molecule has 3 rings (SSSR count). The van der Waals surface area contributed by atoms with Crippen LogP contribution in [0.1, 0.15) is 0 Å². The molecule has 9 heteroatoms. The zero-order valence-corrected chi connectivity index (χ0v) is 15.8. The van der Waals surface area contributed by atoms with Gasteiger partial charge >= 0.3 is 5.51 Å². The van der Waals surface area contributed by atoms with E-state index in [1.54, 1.807) is 0 Å². The zero-order valence-electron chi connectivity index (χ0n) is 14.1. The Morgan fingerprint density at radius 1 is 0.679 bits per heavy atom. The van der Waals surface area contributed by atoms with E-state index in [1.807, 2.05) is 48.5 Å². The standard InChI is InChI=1S/C18H14FS.CHF3O3S/c19-15-11-13-18(14-12-15)20(16-7-3-1-4-8-16)17-9-5-2-6-10-17;2-1(3,4)8(5,6)7/h1-14H;(H,5,6,7)/q+1;/p-1. The molecule has 148 valence electrons. The minimum absolute atomic E-state index is 0.190. The molecule has 0 saturated heterocycles. The highest BCUT2D eigenvalue weighted by atomic mass is 32.2. The van der Waals surface area contributed by atoms with Gasteiger partial charge in [0.25, 0.3) is 0 Å². The van der Waals surface area contributed by atoms with E-state index in [2.05, 4.69) is 24.3 Å². The molecule has 0 aliphatic rings. The van der Waals surface area contributed by atoms with E-state index in [1.165, 1.54) is 21.9 Å². The van der Waals surface area contributed by atoms with Gasteiger partial charge in [0, 0.05) is 0 Å². The maximum atomic E-state index is 13.2. The van der Waals surface area contributed by atoms with Crippen LogP contribution in [0.2, 0.25) is 0 Å². The Bertz CT molecular complexity index is 936. The highest BCUT2D eigenvalue weighted by Crippen LogP contribution is 2.30. The summed E-state index contributed by atoms with van der Waals surface area (Å²) < 4.78 is 72.1. The van der Waals surface area contributed by atoms with Crippen molar-refractivity contribution in [2.75, 3.05) is 0 Å². The molecule has 0 heterocycles. The van der Waals surface area contributed by atoms with Crippen LogP contribution in [0.5, 0.6) is 0 Å². The van der Waals surface area contributed by atoms with Crippen molar-refractivity contribution >= 4 is 21.0 Å². The van der Waals surface area contributed by atoms with Crippen molar-refractivity contribution in [3.8, 4) is 0 Å². The summed E-state index contributed by atoms with van der Waals surface area (Å²) >= 11 is 0. The van der Waals surface area contributed by atoms with E-state index >= 15 is 0 Å². The SMILES string of the molecule is Fc1ccc([S+](c2ccccc2)c2ccccc2)cc1.O=S(=O)([O-])C(F)(F)F. The van der Waals surface area contributed by atoms with Crippen LogP contribution in [0.4, 0.5) is 17.6 Å². The summed E-state index contributed by atoms with van der Waals surface area (Å²) in [7, 11) is -6.28. The predicted molar refractivity (Wildman–Crippen MR) is 97.2 cm³/mol. The molecule has 3 nitrogen and oxygen atoms in total. The summed E-state index contributed by atoms with van der Waals surface area (Å²) in [6.45, 7) is 0. The van der Waals surface area contributed by atoms with Crippen molar-refractivity contribution in [3.05, 3.63) is 90.7 Å². The lowest BCUT2D eigenvalue weighted by Gasteiger charge is -2.08. The molecule has 0 aliphatic heterocycles. The van der Waals surface area contributed by atoms with Gasteiger partial charge in [0.1, 0.15) is 5.82 Å². The Labute approximate surface area is 162 Å². The monoisotopic (exact) mass is 430 g/mol. The normalized spacial score (nSPS) is 11.6. The maximum absolute atomic E-state index is 13.2.